The Kier molecular flexibility index (Phi) is 47.1. The molecule has 0 aliphatic heterocycles. The van der Waals surface area contributed by atoms with Crippen molar-refractivity contribution >= 4 is 11.9 Å². The second-order valence-corrected chi connectivity index (χ2v) is 17.9. The van der Waals surface area contributed by atoms with Crippen molar-refractivity contribution in [1.82, 2.24) is 5.32 Å². The quantitative estimate of drug-likeness (QED) is 0.0322. The molecule has 0 fully saturated rings. The van der Waals surface area contributed by atoms with Gasteiger partial charge in [-0.1, -0.05) is 249 Å². The average molecular weight is 856 g/mol. The Balaban J connectivity index is 4.68. The standard InChI is InChI=1S/C55H101NO5/c1-4-7-10-13-16-19-22-25-27-29-31-34-37-40-43-46-51(61-55(60)48-45-42-39-36-33-28-24-21-18-15-12-9-6-3)49-54(59)56-52(50-57)53(58)47-44-41-38-35-32-30-26-23-20-17-14-11-8-5-2/h16,19,25,27,31,34,40,43,51-53,57-58H,4-15,17-18,20-24,26,28-30,32-33,35-39,41-42,44-50H2,1-3H3,(H,56,59)/b19-16-,27-25-,34-31-,43-40-. The minimum atomic E-state index is -0.809. The van der Waals surface area contributed by atoms with E-state index < -0.39 is 18.2 Å². The highest BCUT2D eigenvalue weighted by Crippen LogP contribution is 2.17. The van der Waals surface area contributed by atoms with Crippen LogP contribution in [-0.2, 0) is 14.3 Å². The van der Waals surface area contributed by atoms with Crippen LogP contribution >= 0.6 is 0 Å². The second kappa shape index (κ2) is 48.8. The van der Waals surface area contributed by atoms with Crippen molar-refractivity contribution < 1.29 is 24.5 Å². The van der Waals surface area contributed by atoms with E-state index in [0.29, 0.717) is 19.3 Å². The molecule has 0 saturated heterocycles. The number of nitrogens with one attached hydrogen (secondary N) is 1. The SMILES string of the molecule is CCCCC/C=C\C/C=C\C/C=C\C/C=C\CC(CC(=O)NC(CO)C(O)CCCCCCCCCCCCCCCC)OC(=O)CCCCCCCCCCCCCCC. The fourth-order valence-corrected chi connectivity index (χ4v) is 7.88. The fraction of sp³-hybridized carbons (Fsp3) is 0.818. The van der Waals surface area contributed by atoms with E-state index in [1.54, 1.807) is 0 Å². The summed E-state index contributed by atoms with van der Waals surface area (Å²) in [5, 5.41) is 23.7. The molecule has 3 N–H and O–H groups in total. The van der Waals surface area contributed by atoms with Gasteiger partial charge in [0.2, 0.25) is 5.91 Å². The van der Waals surface area contributed by atoms with Crippen molar-refractivity contribution in [2.45, 2.75) is 283 Å². The summed E-state index contributed by atoms with van der Waals surface area (Å²) in [6.07, 6.45) is 59.0. The Morgan fingerprint density at radius 3 is 1.31 bits per heavy atom. The number of carbonyl (C=O) groups excluding carboxylic acids is 2. The van der Waals surface area contributed by atoms with Gasteiger partial charge in [0.1, 0.15) is 6.10 Å². The molecule has 0 rings (SSSR count). The van der Waals surface area contributed by atoms with Gasteiger partial charge in [-0.2, -0.15) is 0 Å². The summed E-state index contributed by atoms with van der Waals surface area (Å²) in [4.78, 5) is 26.1. The van der Waals surface area contributed by atoms with E-state index in [1.807, 2.05) is 6.08 Å². The molecule has 3 atom stereocenters. The van der Waals surface area contributed by atoms with E-state index in [2.05, 4.69) is 68.6 Å². The maximum atomic E-state index is 13.2. The lowest BCUT2D eigenvalue weighted by Gasteiger charge is -2.24. The normalized spacial score (nSPS) is 13.6. The first-order chi connectivity index (χ1) is 30.0. The molecule has 0 aliphatic rings. The lowest BCUT2D eigenvalue weighted by molar-refractivity contribution is -0.150. The summed E-state index contributed by atoms with van der Waals surface area (Å²) in [5.41, 5.74) is 0. The summed E-state index contributed by atoms with van der Waals surface area (Å²) in [6.45, 7) is 6.44. The largest absolute Gasteiger partial charge is 0.461 e. The number of ether oxygens (including phenoxy) is 1. The van der Waals surface area contributed by atoms with E-state index in [-0.39, 0.29) is 24.9 Å². The van der Waals surface area contributed by atoms with Crippen LogP contribution in [0.4, 0.5) is 0 Å². The van der Waals surface area contributed by atoms with Gasteiger partial charge in [0.05, 0.1) is 25.2 Å². The van der Waals surface area contributed by atoms with E-state index >= 15 is 0 Å². The number of unbranched alkanes of at least 4 members (excludes halogenated alkanes) is 28. The maximum Gasteiger partial charge on any atom is 0.306 e. The molecule has 0 bridgehead atoms. The molecule has 6 nitrogen and oxygen atoms in total. The van der Waals surface area contributed by atoms with E-state index in [4.69, 9.17) is 4.74 Å². The lowest BCUT2D eigenvalue weighted by atomic mass is 10.0. The number of allylic oxidation sites excluding steroid dienone is 7. The topological polar surface area (TPSA) is 95.9 Å². The summed E-state index contributed by atoms with van der Waals surface area (Å²) < 4.78 is 5.87. The van der Waals surface area contributed by atoms with Crippen LogP contribution in [0.3, 0.4) is 0 Å². The average Bonchev–Trinajstić information content (AvgIpc) is 3.25. The molecule has 6 heteroatoms. The number of amides is 1. The Morgan fingerprint density at radius 1 is 0.492 bits per heavy atom. The Morgan fingerprint density at radius 2 is 0.869 bits per heavy atom. The van der Waals surface area contributed by atoms with Gasteiger partial charge in [0.15, 0.2) is 0 Å². The molecule has 61 heavy (non-hydrogen) atoms. The molecule has 0 aliphatic carbocycles. The van der Waals surface area contributed by atoms with E-state index in [9.17, 15) is 19.8 Å². The molecular formula is C55H101NO5. The van der Waals surface area contributed by atoms with Crippen molar-refractivity contribution in [3.63, 3.8) is 0 Å². The van der Waals surface area contributed by atoms with Gasteiger partial charge in [-0.3, -0.25) is 9.59 Å². The van der Waals surface area contributed by atoms with Gasteiger partial charge in [-0.05, 0) is 44.9 Å². The molecular weight excluding hydrogens is 755 g/mol. The third-order valence-electron chi connectivity index (χ3n) is 11.9. The van der Waals surface area contributed by atoms with Crippen LogP contribution in [0.15, 0.2) is 48.6 Å². The first kappa shape index (κ1) is 58.8. The molecule has 0 aromatic rings. The predicted molar refractivity (Wildman–Crippen MR) is 264 cm³/mol. The van der Waals surface area contributed by atoms with E-state index in [0.717, 1.165) is 57.8 Å². The molecule has 3 unspecified atom stereocenters. The molecule has 0 heterocycles. The summed E-state index contributed by atoms with van der Waals surface area (Å²) >= 11 is 0. The summed E-state index contributed by atoms with van der Waals surface area (Å²) in [5.74, 6) is -0.568. The Hall–Kier alpha value is -2.18. The van der Waals surface area contributed by atoms with Crippen molar-refractivity contribution in [3.05, 3.63) is 48.6 Å². The minimum absolute atomic E-state index is 0.00441. The molecule has 0 radical (unpaired) electrons. The number of hydrogen-bond donors (Lipinski definition) is 3. The van der Waals surface area contributed by atoms with E-state index in [1.165, 1.54) is 161 Å². The molecule has 0 saturated carbocycles. The highest BCUT2D eigenvalue weighted by atomic mass is 16.5. The van der Waals surface area contributed by atoms with Crippen LogP contribution < -0.4 is 5.32 Å². The number of carbonyl (C=O) groups is 2. The van der Waals surface area contributed by atoms with Gasteiger partial charge in [-0.15, -0.1) is 0 Å². The van der Waals surface area contributed by atoms with Crippen molar-refractivity contribution in [2.75, 3.05) is 6.61 Å². The molecule has 0 aromatic carbocycles. The van der Waals surface area contributed by atoms with Crippen molar-refractivity contribution in [1.29, 1.82) is 0 Å². The Labute approximate surface area is 378 Å². The number of hydrogen-bond acceptors (Lipinski definition) is 5. The fourth-order valence-electron chi connectivity index (χ4n) is 7.88. The third kappa shape index (κ3) is 44.2. The van der Waals surface area contributed by atoms with Gasteiger partial charge < -0.3 is 20.3 Å². The van der Waals surface area contributed by atoms with Crippen LogP contribution in [0.25, 0.3) is 0 Å². The zero-order valence-corrected chi connectivity index (χ0v) is 40.5. The smallest absolute Gasteiger partial charge is 0.306 e. The maximum absolute atomic E-state index is 13.2. The highest BCUT2D eigenvalue weighted by molar-refractivity contribution is 5.77. The third-order valence-corrected chi connectivity index (χ3v) is 11.9. The van der Waals surface area contributed by atoms with Gasteiger partial charge in [-0.25, -0.2) is 0 Å². The molecule has 0 aromatic heterocycles. The van der Waals surface area contributed by atoms with Gasteiger partial charge >= 0.3 is 5.97 Å². The molecule has 1 amide bonds. The van der Waals surface area contributed by atoms with Crippen LogP contribution in [0.1, 0.15) is 265 Å². The molecule has 356 valence electrons. The van der Waals surface area contributed by atoms with Crippen LogP contribution in [0.5, 0.6) is 0 Å². The minimum Gasteiger partial charge on any atom is -0.461 e. The Bertz CT molecular complexity index is 1050. The first-order valence-corrected chi connectivity index (χ1v) is 26.4. The van der Waals surface area contributed by atoms with Crippen molar-refractivity contribution in [2.24, 2.45) is 0 Å². The van der Waals surface area contributed by atoms with Gasteiger partial charge in [0, 0.05) is 12.8 Å². The number of esters is 1. The second-order valence-electron chi connectivity index (χ2n) is 17.9. The molecule has 0 spiro atoms. The van der Waals surface area contributed by atoms with Gasteiger partial charge in [0.25, 0.3) is 0 Å². The zero-order valence-electron chi connectivity index (χ0n) is 40.5. The number of rotatable bonds is 47. The number of aliphatic hydroxyl groups is 2. The number of aliphatic hydroxyl groups excluding tert-OH is 2. The predicted octanol–water partition coefficient (Wildman–Crippen LogP) is 15.8. The first-order valence-electron chi connectivity index (χ1n) is 26.4. The van der Waals surface area contributed by atoms with Crippen molar-refractivity contribution in [3.8, 4) is 0 Å². The highest BCUT2D eigenvalue weighted by Gasteiger charge is 2.23. The van der Waals surface area contributed by atoms with Crippen LogP contribution in [0, 0.1) is 0 Å². The summed E-state index contributed by atoms with van der Waals surface area (Å²) in [6, 6.07) is -0.729. The lowest BCUT2D eigenvalue weighted by Crippen LogP contribution is -2.46. The van der Waals surface area contributed by atoms with Crippen LogP contribution in [0.2, 0.25) is 0 Å². The van der Waals surface area contributed by atoms with Crippen LogP contribution in [-0.4, -0.2) is 46.9 Å². The summed E-state index contributed by atoms with van der Waals surface area (Å²) in [7, 11) is 0. The monoisotopic (exact) mass is 856 g/mol. The zero-order chi connectivity index (χ0) is 44.5.